The number of nitrogens with two attached hydrogens (primary N) is 1. The van der Waals surface area contributed by atoms with Gasteiger partial charge < -0.3 is 5.73 Å². The standard InChI is InChI=1S/C14H19N/c1-10-9-14(10,15)13-8-4-6-11-5-2-3-7-12(11)13/h2-3,5,7,10,13H,4,6,8-9,15H2,1H3. The maximum Gasteiger partial charge on any atom is 0.0253 e. The highest BCUT2D eigenvalue weighted by Crippen LogP contribution is 2.54. The van der Waals surface area contributed by atoms with Crippen molar-refractivity contribution in [1.82, 2.24) is 0 Å². The highest BCUT2D eigenvalue weighted by Gasteiger charge is 2.54. The summed E-state index contributed by atoms with van der Waals surface area (Å²) in [5.74, 6) is 1.34. The van der Waals surface area contributed by atoms with Gasteiger partial charge in [-0.1, -0.05) is 31.2 Å². The third kappa shape index (κ3) is 1.33. The van der Waals surface area contributed by atoms with Gasteiger partial charge in [-0.15, -0.1) is 0 Å². The highest BCUT2D eigenvalue weighted by atomic mass is 14.9. The zero-order valence-electron chi connectivity index (χ0n) is 9.37. The first-order chi connectivity index (χ1) is 7.22. The molecule has 3 rings (SSSR count). The van der Waals surface area contributed by atoms with Gasteiger partial charge in [-0.05, 0) is 42.7 Å². The van der Waals surface area contributed by atoms with Crippen molar-refractivity contribution in [3.63, 3.8) is 0 Å². The Bertz CT molecular complexity index is 385. The first-order valence-corrected chi connectivity index (χ1v) is 6.08. The molecule has 15 heavy (non-hydrogen) atoms. The molecule has 1 aromatic rings. The molecule has 2 aliphatic carbocycles. The molecule has 0 saturated heterocycles. The molecule has 2 aliphatic rings. The second-order valence-electron chi connectivity index (χ2n) is 5.36. The van der Waals surface area contributed by atoms with Crippen LogP contribution in [0.15, 0.2) is 24.3 Å². The van der Waals surface area contributed by atoms with E-state index in [-0.39, 0.29) is 5.54 Å². The van der Waals surface area contributed by atoms with Crippen LogP contribution in [-0.4, -0.2) is 5.54 Å². The Morgan fingerprint density at radius 3 is 2.80 bits per heavy atom. The van der Waals surface area contributed by atoms with Crippen LogP contribution in [0, 0.1) is 5.92 Å². The van der Waals surface area contributed by atoms with Gasteiger partial charge in [0.1, 0.15) is 0 Å². The van der Waals surface area contributed by atoms with Crippen LogP contribution in [0.1, 0.15) is 43.2 Å². The molecule has 0 bridgehead atoms. The summed E-state index contributed by atoms with van der Waals surface area (Å²) >= 11 is 0. The van der Waals surface area contributed by atoms with E-state index in [0.29, 0.717) is 11.8 Å². The molecule has 80 valence electrons. The van der Waals surface area contributed by atoms with Gasteiger partial charge in [0.15, 0.2) is 0 Å². The van der Waals surface area contributed by atoms with Gasteiger partial charge in [0.25, 0.3) is 0 Å². The summed E-state index contributed by atoms with van der Waals surface area (Å²) in [6.45, 7) is 2.29. The average molecular weight is 201 g/mol. The Hall–Kier alpha value is -0.820. The Kier molecular flexibility index (Phi) is 1.93. The predicted octanol–water partition coefficient (Wildman–Crippen LogP) is 2.84. The van der Waals surface area contributed by atoms with E-state index in [0.717, 1.165) is 0 Å². The summed E-state index contributed by atoms with van der Waals surface area (Å²) in [5.41, 5.74) is 9.68. The van der Waals surface area contributed by atoms with Gasteiger partial charge in [0.2, 0.25) is 0 Å². The van der Waals surface area contributed by atoms with Gasteiger partial charge in [0.05, 0.1) is 0 Å². The fourth-order valence-corrected chi connectivity index (χ4v) is 3.27. The highest BCUT2D eigenvalue weighted by molar-refractivity contribution is 5.37. The minimum Gasteiger partial charge on any atom is -0.324 e. The van der Waals surface area contributed by atoms with Crippen LogP contribution in [0.4, 0.5) is 0 Å². The molecule has 3 atom stereocenters. The lowest BCUT2D eigenvalue weighted by molar-refractivity contribution is 0.428. The van der Waals surface area contributed by atoms with E-state index in [1.807, 2.05) is 0 Å². The molecular formula is C14H19N. The lowest BCUT2D eigenvalue weighted by Crippen LogP contribution is -2.34. The number of rotatable bonds is 1. The Morgan fingerprint density at radius 1 is 1.33 bits per heavy atom. The maximum atomic E-state index is 6.48. The Balaban J connectivity index is 2.00. The zero-order chi connectivity index (χ0) is 10.5. The first kappa shape index (κ1) is 9.41. The maximum absolute atomic E-state index is 6.48. The fraction of sp³-hybridized carbons (Fsp3) is 0.571. The van der Waals surface area contributed by atoms with Crippen molar-refractivity contribution in [1.29, 1.82) is 0 Å². The van der Waals surface area contributed by atoms with Crippen molar-refractivity contribution in [2.24, 2.45) is 11.7 Å². The first-order valence-electron chi connectivity index (χ1n) is 6.08. The van der Waals surface area contributed by atoms with Gasteiger partial charge in [-0.25, -0.2) is 0 Å². The third-order valence-electron chi connectivity index (χ3n) is 4.44. The molecule has 1 nitrogen and oxygen atoms in total. The van der Waals surface area contributed by atoms with Crippen LogP contribution < -0.4 is 5.73 Å². The molecule has 0 heterocycles. The quantitative estimate of drug-likeness (QED) is 0.743. The normalized spacial score (nSPS) is 38.5. The molecule has 2 N–H and O–H groups in total. The monoisotopic (exact) mass is 201 g/mol. The third-order valence-corrected chi connectivity index (χ3v) is 4.44. The molecule has 0 radical (unpaired) electrons. The molecule has 0 spiro atoms. The second kappa shape index (κ2) is 3.08. The number of benzene rings is 1. The Morgan fingerprint density at radius 2 is 2.07 bits per heavy atom. The minimum absolute atomic E-state index is 0.122. The molecule has 0 aromatic heterocycles. The zero-order valence-corrected chi connectivity index (χ0v) is 9.37. The van der Waals surface area contributed by atoms with E-state index < -0.39 is 0 Å². The van der Waals surface area contributed by atoms with Crippen LogP contribution >= 0.6 is 0 Å². The lowest BCUT2D eigenvalue weighted by Gasteiger charge is -2.31. The van der Waals surface area contributed by atoms with Crippen LogP contribution in [0.5, 0.6) is 0 Å². The summed E-state index contributed by atoms with van der Waals surface area (Å²) in [6.07, 6.45) is 5.06. The number of hydrogen-bond acceptors (Lipinski definition) is 1. The summed E-state index contributed by atoms with van der Waals surface area (Å²) in [4.78, 5) is 0. The smallest absolute Gasteiger partial charge is 0.0253 e. The lowest BCUT2D eigenvalue weighted by atomic mass is 9.77. The van der Waals surface area contributed by atoms with Crippen molar-refractivity contribution in [2.45, 2.75) is 44.1 Å². The molecule has 3 unspecified atom stereocenters. The SMILES string of the molecule is CC1CC1(N)C1CCCc2ccccc21. The van der Waals surface area contributed by atoms with Gasteiger partial charge in [-0.3, -0.25) is 0 Å². The van der Waals surface area contributed by atoms with Crippen molar-refractivity contribution in [2.75, 3.05) is 0 Å². The summed E-state index contributed by atoms with van der Waals surface area (Å²) in [7, 11) is 0. The van der Waals surface area contributed by atoms with Crippen LogP contribution in [0.25, 0.3) is 0 Å². The minimum atomic E-state index is 0.122. The van der Waals surface area contributed by atoms with Gasteiger partial charge >= 0.3 is 0 Å². The number of hydrogen-bond donors (Lipinski definition) is 1. The van der Waals surface area contributed by atoms with Crippen molar-refractivity contribution in [3.05, 3.63) is 35.4 Å². The molecule has 1 fully saturated rings. The molecule has 1 heteroatoms. The molecular weight excluding hydrogens is 182 g/mol. The molecule has 1 aromatic carbocycles. The molecule has 0 amide bonds. The molecule has 1 saturated carbocycles. The predicted molar refractivity (Wildman–Crippen MR) is 62.8 cm³/mol. The van der Waals surface area contributed by atoms with Crippen LogP contribution in [0.3, 0.4) is 0 Å². The van der Waals surface area contributed by atoms with E-state index in [1.54, 1.807) is 0 Å². The number of aryl methyl sites for hydroxylation is 1. The van der Waals surface area contributed by atoms with Gasteiger partial charge in [0, 0.05) is 11.5 Å². The molecule has 0 aliphatic heterocycles. The van der Waals surface area contributed by atoms with Crippen LogP contribution in [0.2, 0.25) is 0 Å². The van der Waals surface area contributed by atoms with E-state index in [4.69, 9.17) is 5.73 Å². The van der Waals surface area contributed by atoms with Gasteiger partial charge in [-0.2, -0.15) is 0 Å². The topological polar surface area (TPSA) is 26.0 Å². The van der Waals surface area contributed by atoms with E-state index >= 15 is 0 Å². The summed E-state index contributed by atoms with van der Waals surface area (Å²) in [5, 5.41) is 0. The van der Waals surface area contributed by atoms with E-state index in [9.17, 15) is 0 Å². The fourth-order valence-electron chi connectivity index (χ4n) is 3.27. The second-order valence-corrected chi connectivity index (χ2v) is 5.36. The number of fused-ring (bicyclic) bond motifs is 1. The van der Waals surface area contributed by atoms with Crippen LogP contribution in [-0.2, 0) is 6.42 Å². The average Bonchev–Trinajstić information content (AvgIpc) is 2.87. The summed E-state index contributed by atoms with van der Waals surface area (Å²) in [6, 6.07) is 8.88. The van der Waals surface area contributed by atoms with Crippen molar-refractivity contribution in [3.8, 4) is 0 Å². The van der Waals surface area contributed by atoms with E-state index in [1.165, 1.54) is 36.8 Å². The van der Waals surface area contributed by atoms with Crippen molar-refractivity contribution >= 4 is 0 Å². The van der Waals surface area contributed by atoms with Crippen molar-refractivity contribution < 1.29 is 0 Å². The Labute approximate surface area is 91.7 Å². The van der Waals surface area contributed by atoms with E-state index in [2.05, 4.69) is 31.2 Å². The largest absolute Gasteiger partial charge is 0.324 e. The summed E-state index contributed by atoms with van der Waals surface area (Å²) < 4.78 is 0.